The normalized spacial score (nSPS) is 9.29. The molecule has 0 heterocycles. The Labute approximate surface area is 84.6 Å². The van der Waals surface area contributed by atoms with E-state index in [1.54, 1.807) is 0 Å². The van der Waals surface area contributed by atoms with Gasteiger partial charge in [-0.1, -0.05) is 26.5 Å². The van der Waals surface area contributed by atoms with Crippen molar-refractivity contribution >= 4 is 11.9 Å². The third-order valence-corrected chi connectivity index (χ3v) is 1.07. The van der Waals surface area contributed by atoms with E-state index in [-0.39, 0.29) is 11.5 Å². The molecular weight excluding hydrogens is 182 g/mol. The van der Waals surface area contributed by atoms with Crippen LogP contribution in [0.2, 0.25) is 0 Å². The highest BCUT2D eigenvalue weighted by molar-refractivity contribution is 5.91. The van der Waals surface area contributed by atoms with E-state index in [1.165, 1.54) is 26.3 Å². The molecule has 0 unspecified atom stereocenters. The van der Waals surface area contributed by atoms with Crippen molar-refractivity contribution in [1.82, 2.24) is 5.32 Å². The van der Waals surface area contributed by atoms with Crippen LogP contribution in [0.15, 0.2) is 24.4 Å². The van der Waals surface area contributed by atoms with E-state index in [1.807, 2.05) is 13.8 Å². The molecule has 0 saturated heterocycles. The monoisotopic (exact) mass is 199 g/mol. The van der Waals surface area contributed by atoms with E-state index in [0.717, 1.165) is 0 Å². The third-order valence-electron chi connectivity index (χ3n) is 1.07. The molecule has 0 rings (SSSR count). The average molecular weight is 199 g/mol. The summed E-state index contributed by atoms with van der Waals surface area (Å²) in [5.41, 5.74) is 0.215. The van der Waals surface area contributed by atoms with Crippen LogP contribution in [0.4, 0.5) is 0 Å². The molecule has 0 aromatic carbocycles. The van der Waals surface area contributed by atoms with E-state index in [0.29, 0.717) is 0 Å². The quantitative estimate of drug-likeness (QED) is 0.424. The fourth-order valence-corrected chi connectivity index (χ4v) is 0.498. The minimum atomic E-state index is -0.529. The van der Waals surface area contributed by atoms with Crippen molar-refractivity contribution in [3.63, 3.8) is 0 Å². The minimum Gasteiger partial charge on any atom is -0.465 e. The maximum Gasteiger partial charge on any atom is 0.339 e. The number of carbonyl (C=O) groups is 2. The van der Waals surface area contributed by atoms with Crippen molar-refractivity contribution in [2.45, 2.75) is 20.8 Å². The smallest absolute Gasteiger partial charge is 0.339 e. The van der Waals surface area contributed by atoms with Gasteiger partial charge in [0.1, 0.15) is 0 Å². The lowest BCUT2D eigenvalue weighted by Gasteiger charge is -1.98. The van der Waals surface area contributed by atoms with E-state index in [2.05, 4.69) is 16.6 Å². The zero-order chi connectivity index (χ0) is 11.6. The number of hydrogen-bond donors (Lipinski definition) is 1. The topological polar surface area (TPSA) is 55.4 Å². The molecule has 0 aromatic heterocycles. The first-order valence-corrected chi connectivity index (χ1v) is 4.29. The molecule has 4 nitrogen and oxygen atoms in total. The minimum absolute atomic E-state index is 0.215. The van der Waals surface area contributed by atoms with Gasteiger partial charge in [0.15, 0.2) is 0 Å². The predicted molar refractivity (Wildman–Crippen MR) is 55.5 cm³/mol. The molecule has 0 aliphatic heterocycles. The Balaban J connectivity index is 0. The molecular formula is C10H17NO3. The number of ether oxygens (including phenoxy) is 1. The van der Waals surface area contributed by atoms with Crippen molar-refractivity contribution in [3.8, 4) is 0 Å². The number of methoxy groups -OCH3 is 1. The molecule has 0 saturated carbocycles. The van der Waals surface area contributed by atoms with Gasteiger partial charge in [0, 0.05) is 13.1 Å². The second kappa shape index (κ2) is 9.51. The Hall–Kier alpha value is -1.58. The summed E-state index contributed by atoms with van der Waals surface area (Å²) in [5, 5.41) is 2.34. The molecule has 1 N–H and O–H groups in total. The summed E-state index contributed by atoms with van der Waals surface area (Å²) in [7, 11) is 1.26. The SMILES string of the molecule is C=C/C(=C\NC(C)=O)C(=O)OC.CC. The second-order valence-electron chi connectivity index (χ2n) is 2.00. The number of nitrogens with one attached hydrogen (secondary N) is 1. The number of amides is 1. The summed E-state index contributed by atoms with van der Waals surface area (Å²) >= 11 is 0. The van der Waals surface area contributed by atoms with E-state index < -0.39 is 5.97 Å². The summed E-state index contributed by atoms with van der Waals surface area (Å²) < 4.78 is 4.41. The van der Waals surface area contributed by atoms with Crippen LogP contribution in [0.1, 0.15) is 20.8 Å². The third kappa shape index (κ3) is 7.09. The number of carbonyl (C=O) groups excluding carboxylic acids is 2. The number of hydrogen-bond acceptors (Lipinski definition) is 3. The standard InChI is InChI=1S/C8H11NO3.C2H6/c1-4-7(8(11)12-3)5-9-6(2)10;1-2/h4-5H,1H2,2-3H3,(H,9,10);1-2H3/b7-5+;. The van der Waals surface area contributed by atoms with E-state index in [4.69, 9.17) is 0 Å². The summed E-state index contributed by atoms with van der Waals surface area (Å²) in [6, 6.07) is 0. The fraction of sp³-hybridized carbons (Fsp3) is 0.400. The van der Waals surface area contributed by atoms with Crippen molar-refractivity contribution in [3.05, 3.63) is 24.4 Å². The number of esters is 1. The Bertz CT molecular complexity index is 232. The summed E-state index contributed by atoms with van der Waals surface area (Å²) in [5.74, 6) is -0.781. The van der Waals surface area contributed by atoms with Gasteiger partial charge in [-0.25, -0.2) is 4.79 Å². The van der Waals surface area contributed by atoms with Crippen molar-refractivity contribution in [1.29, 1.82) is 0 Å². The summed E-state index contributed by atoms with van der Waals surface area (Å²) in [6.07, 6.45) is 2.56. The Kier molecular flexibility index (Phi) is 10.1. The largest absolute Gasteiger partial charge is 0.465 e. The molecule has 1 amide bonds. The van der Waals surface area contributed by atoms with E-state index in [9.17, 15) is 9.59 Å². The molecule has 0 aliphatic carbocycles. The highest BCUT2D eigenvalue weighted by atomic mass is 16.5. The van der Waals surface area contributed by atoms with Gasteiger partial charge in [0.25, 0.3) is 0 Å². The summed E-state index contributed by atoms with van der Waals surface area (Å²) in [4.78, 5) is 21.3. The van der Waals surface area contributed by atoms with Crippen LogP contribution >= 0.6 is 0 Å². The van der Waals surface area contributed by atoms with Crippen LogP contribution in [0, 0.1) is 0 Å². The first kappa shape index (κ1) is 14.9. The Morgan fingerprint density at radius 1 is 1.36 bits per heavy atom. The van der Waals surface area contributed by atoms with Gasteiger partial charge in [-0.2, -0.15) is 0 Å². The first-order chi connectivity index (χ1) is 6.61. The highest BCUT2D eigenvalue weighted by Crippen LogP contribution is 1.95. The van der Waals surface area contributed by atoms with Gasteiger partial charge in [0.05, 0.1) is 12.7 Å². The van der Waals surface area contributed by atoms with Crippen LogP contribution in [0.25, 0.3) is 0 Å². The zero-order valence-electron chi connectivity index (χ0n) is 9.09. The van der Waals surface area contributed by atoms with Crippen LogP contribution in [-0.4, -0.2) is 19.0 Å². The van der Waals surface area contributed by atoms with Gasteiger partial charge in [0.2, 0.25) is 5.91 Å². The highest BCUT2D eigenvalue weighted by Gasteiger charge is 2.03. The van der Waals surface area contributed by atoms with Crippen molar-refractivity contribution in [2.75, 3.05) is 7.11 Å². The van der Waals surface area contributed by atoms with Gasteiger partial charge in [-0.05, 0) is 0 Å². The average Bonchev–Trinajstić information content (AvgIpc) is 2.21. The lowest BCUT2D eigenvalue weighted by atomic mass is 10.3. The van der Waals surface area contributed by atoms with Gasteiger partial charge in [-0.3, -0.25) is 4.79 Å². The molecule has 0 spiro atoms. The van der Waals surface area contributed by atoms with Crippen molar-refractivity contribution < 1.29 is 14.3 Å². The Morgan fingerprint density at radius 3 is 2.14 bits per heavy atom. The van der Waals surface area contributed by atoms with Gasteiger partial charge >= 0.3 is 5.97 Å². The van der Waals surface area contributed by atoms with Crippen LogP contribution < -0.4 is 5.32 Å². The zero-order valence-corrected chi connectivity index (χ0v) is 9.09. The maximum absolute atomic E-state index is 10.8. The molecule has 0 radical (unpaired) electrons. The molecule has 0 aromatic rings. The van der Waals surface area contributed by atoms with Crippen molar-refractivity contribution in [2.24, 2.45) is 0 Å². The fourth-order valence-electron chi connectivity index (χ4n) is 0.498. The lowest BCUT2D eigenvalue weighted by molar-refractivity contribution is -0.135. The first-order valence-electron chi connectivity index (χ1n) is 4.29. The van der Waals surface area contributed by atoms with Crippen LogP contribution in [0.3, 0.4) is 0 Å². The van der Waals surface area contributed by atoms with Crippen LogP contribution in [0.5, 0.6) is 0 Å². The molecule has 0 bridgehead atoms. The molecule has 4 heteroatoms. The molecule has 80 valence electrons. The van der Waals surface area contributed by atoms with Crippen LogP contribution in [-0.2, 0) is 14.3 Å². The van der Waals surface area contributed by atoms with Gasteiger partial charge in [-0.15, -0.1) is 0 Å². The van der Waals surface area contributed by atoms with Gasteiger partial charge < -0.3 is 10.1 Å². The number of rotatable bonds is 3. The predicted octanol–water partition coefficient (Wildman–Crippen LogP) is 1.39. The Morgan fingerprint density at radius 2 is 1.86 bits per heavy atom. The molecule has 0 fully saturated rings. The summed E-state index contributed by atoms with van der Waals surface area (Å²) in [6.45, 7) is 8.73. The molecule has 14 heavy (non-hydrogen) atoms. The second-order valence-corrected chi connectivity index (χ2v) is 2.00. The van der Waals surface area contributed by atoms with E-state index >= 15 is 0 Å². The lowest BCUT2D eigenvalue weighted by Crippen LogP contribution is -2.15. The maximum atomic E-state index is 10.8. The molecule has 0 aliphatic rings. The molecule has 0 atom stereocenters.